The molecule has 0 spiro atoms. The van der Waals surface area contributed by atoms with Crippen molar-refractivity contribution in [1.82, 2.24) is 24.3 Å². The molecule has 1 N–H and O–H groups in total. The van der Waals surface area contributed by atoms with Gasteiger partial charge < -0.3 is 14.4 Å². The fourth-order valence-electron chi connectivity index (χ4n) is 4.21. The smallest absolute Gasteiger partial charge is 0.248 e. The summed E-state index contributed by atoms with van der Waals surface area (Å²) < 4.78 is 48.0. The van der Waals surface area contributed by atoms with Crippen LogP contribution < -0.4 is 5.32 Å². The number of halogens is 1. The molecular formula is C22H26FN5O4S. The zero-order valence-electron chi connectivity index (χ0n) is 18.7. The Morgan fingerprint density at radius 2 is 2.00 bits per heavy atom. The molecule has 2 unspecified atom stereocenters. The fraction of sp³-hybridized carbons (Fsp3) is 0.409. The molecule has 1 fully saturated rings. The Balaban J connectivity index is 1.56. The Morgan fingerprint density at radius 3 is 2.61 bits per heavy atom. The monoisotopic (exact) mass is 475 g/mol. The molecule has 0 saturated carbocycles. The van der Waals surface area contributed by atoms with Gasteiger partial charge in [0.15, 0.2) is 5.76 Å². The Hall–Kier alpha value is -3.05. The second kappa shape index (κ2) is 9.06. The van der Waals surface area contributed by atoms with Crippen LogP contribution in [-0.2, 0) is 21.9 Å². The van der Waals surface area contributed by atoms with Crippen LogP contribution in [0, 0.1) is 25.6 Å². The summed E-state index contributed by atoms with van der Waals surface area (Å²) in [4.78, 5) is 17.7. The second-order valence-corrected chi connectivity index (χ2v) is 10.1. The molecule has 0 bridgehead atoms. The minimum Gasteiger partial charge on any atom is -0.360 e. The molecular weight excluding hydrogens is 449 g/mol. The largest absolute Gasteiger partial charge is 0.360 e. The highest BCUT2D eigenvalue weighted by atomic mass is 32.2. The van der Waals surface area contributed by atoms with Crippen molar-refractivity contribution >= 4 is 15.9 Å². The first-order valence-corrected chi connectivity index (χ1v) is 12.1. The van der Waals surface area contributed by atoms with E-state index in [1.165, 1.54) is 16.4 Å². The van der Waals surface area contributed by atoms with Gasteiger partial charge in [-0.1, -0.05) is 17.3 Å². The second-order valence-electron chi connectivity index (χ2n) is 8.24. The van der Waals surface area contributed by atoms with Gasteiger partial charge in [-0.15, -0.1) is 0 Å². The lowest BCUT2D eigenvalue weighted by atomic mass is 9.97. The number of aromatic nitrogens is 3. The zero-order valence-corrected chi connectivity index (χ0v) is 19.5. The molecule has 176 valence electrons. The average Bonchev–Trinajstić information content (AvgIpc) is 3.37. The number of piperidine rings is 1. The van der Waals surface area contributed by atoms with Gasteiger partial charge in [-0.2, -0.15) is 4.31 Å². The van der Waals surface area contributed by atoms with E-state index in [1.807, 2.05) is 7.05 Å². The number of hydrogen-bond acceptors (Lipinski definition) is 6. The lowest BCUT2D eigenvalue weighted by molar-refractivity contribution is -0.126. The molecule has 3 aromatic rings. The van der Waals surface area contributed by atoms with Gasteiger partial charge >= 0.3 is 0 Å². The molecule has 0 radical (unpaired) electrons. The van der Waals surface area contributed by atoms with Gasteiger partial charge in [0.2, 0.25) is 15.9 Å². The number of carbonyl (C=O) groups excluding carboxylic acids is 1. The Morgan fingerprint density at radius 1 is 1.27 bits per heavy atom. The molecule has 1 saturated heterocycles. The van der Waals surface area contributed by atoms with E-state index in [9.17, 15) is 17.6 Å². The van der Waals surface area contributed by atoms with Gasteiger partial charge in [0.1, 0.15) is 28.3 Å². The molecule has 2 atom stereocenters. The van der Waals surface area contributed by atoms with Crippen molar-refractivity contribution < 1.29 is 22.1 Å². The number of rotatable bonds is 6. The summed E-state index contributed by atoms with van der Waals surface area (Å²) in [6.07, 6.45) is 4.48. The quantitative estimate of drug-likeness (QED) is 0.587. The van der Waals surface area contributed by atoms with Gasteiger partial charge in [-0.25, -0.2) is 17.8 Å². The lowest BCUT2D eigenvalue weighted by Gasteiger charge is -2.32. The van der Waals surface area contributed by atoms with Crippen molar-refractivity contribution in [3.63, 3.8) is 0 Å². The predicted octanol–water partition coefficient (Wildman–Crippen LogP) is 2.47. The molecule has 1 aliphatic heterocycles. The first-order valence-electron chi connectivity index (χ1n) is 10.6. The van der Waals surface area contributed by atoms with Crippen LogP contribution >= 0.6 is 0 Å². The first kappa shape index (κ1) is 23.1. The standard InChI is InChI=1S/C22H26FN5O4S/c1-14-20(15(2)32-26-14)33(30,31)28-11-4-5-17(13-28)22(29)25-19(21-24-10-12-27(21)3)16-6-8-18(23)9-7-16/h6-10,12,17,19H,4-5,11,13H2,1-3H3,(H,25,29). The molecule has 3 heterocycles. The van der Waals surface area contributed by atoms with Gasteiger partial charge in [0, 0.05) is 32.5 Å². The highest BCUT2D eigenvalue weighted by molar-refractivity contribution is 7.89. The van der Waals surface area contributed by atoms with Gasteiger partial charge in [0.25, 0.3) is 0 Å². The maximum atomic E-state index is 13.5. The Kier molecular flexibility index (Phi) is 6.35. The van der Waals surface area contributed by atoms with Crippen LogP contribution in [0.25, 0.3) is 0 Å². The molecule has 1 amide bonds. The number of imidazole rings is 1. The van der Waals surface area contributed by atoms with Crippen LogP contribution in [0.1, 0.15) is 41.7 Å². The number of aryl methyl sites for hydroxylation is 3. The van der Waals surface area contributed by atoms with E-state index in [1.54, 1.807) is 42.9 Å². The summed E-state index contributed by atoms with van der Waals surface area (Å²) in [6.45, 7) is 3.50. The zero-order chi connectivity index (χ0) is 23.8. The third-order valence-electron chi connectivity index (χ3n) is 5.93. The maximum absolute atomic E-state index is 13.5. The summed E-state index contributed by atoms with van der Waals surface area (Å²) in [5, 5.41) is 6.75. The molecule has 1 aliphatic rings. The van der Waals surface area contributed by atoms with Crippen molar-refractivity contribution in [2.75, 3.05) is 13.1 Å². The maximum Gasteiger partial charge on any atom is 0.248 e. The lowest BCUT2D eigenvalue weighted by Crippen LogP contribution is -2.46. The van der Waals surface area contributed by atoms with Crippen LogP contribution in [0.15, 0.2) is 46.1 Å². The van der Waals surface area contributed by atoms with Crippen LogP contribution in [-0.4, -0.2) is 46.4 Å². The van der Waals surface area contributed by atoms with E-state index >= 15 is 0 Å². The number of carbonyl (C=O) groups is 1. The van der Waals surface area contributed by atoms with E-state index in [-0.39, 0.29) is 28.9 Å². The van der Waals surface area contributed by atoms with E-state index in [0.29, 0.717) is 36.5 Å². The van der Waals surface area contributed by atoms with Gasteiger partial charge in [-0.3, -0.25) is 4.79 Å². The van der Waals surface area contributed by atoms with E-state index < -0.39 is 22.0 Å². The van der Waals surface area contributed by atoms with E-state index in [4.69, 9.17) is 4.52 Å². The number of sulfonamides is 1. The number of benzene rings is 1. The third-order valence-corrected chi connectivity index (χ3v) is 8.04. The van der Waals surface area contributed by atoms with Crippen molar-refractivity contribution in [3.8, 4) is 0 Å². The highest BCUT2D eigenvalue weighted by Crippen LogP contribution is 2.29. The topological polar surface area (TPSA) is 110 Å². The number of hydrogen-bond donors (Lipinski definition) is 1. The summed E-state index contributed by atoms with van der Waals surface area (Å²) >= 11 is 0. The molecule has 33 heavy (non-hydrogen) atoms. The van der Waals surface area contributed by atoms with Crippen molar-refractivity contribution in [1.29, 1.82) is 0 Å². The molecule has 2 aromatic heterocycles. The predicted molar refractivity (Wildman–Crippen MR) is 117 cm³/mol. The SMILES string of the molecule is Cc1noc(C)c1S(=O)(=O)N1CCCC(C(=O)NC(c2ccc(F)cc2)c2nccn2C)C1. The average molecular weight is 476 g/mol. The minimum atomic E-state index is -3.84. The molecule has 11 heteroatoms. The van der Waals surface area contributed by atoms with Crippen LogP contribution in [0.3, 0.4) is 0 Å². The summed E-state index contributed by atoms with van der Waals surface area (Å²) in [6, 6.07) is 5.26. The number of nitrogens with one attached hydrogen (secondary N) is 1. The summed E-state index contributed by atoms with van der Waals surface area (Å²) in [5.74, 6) is -0.393. The van der Waals surface area contributed by atoms with Crippen LogP contribution in [0.5, 0.6) is 0 Å². The van der Waals surface area contributed by atoms with E-state index in [0.717, 1.165) is 0 Å². The molecule has 4 rings (SSSR count). The highest BCUT2D eigenvalue weighted by Gasteiger charge is 2.37. The minimum absolute atomic E-state index is 0.0505. The molecule has 1 aromatic carbocycles. The van der Waals surface area contributed by atoms with Gasteiger partial charge in [0.05, 0.1) is 5.92 Å². The third kappa shape index (κ3) is 4.55. The van der Waals surface area contributed by atoms with Crippen molar-refractivity contribution in [2.24, 2.45) is 13.0 Å². The van der Waals surface area contributed by atoms with E-state index in [2.05, 4.69) is 15.5 Å². The number of nitrogens with zero attached hydrogens (tertiary/aromatic N) is 4. The Bertz CT molecular complexity index is 1230. The first-order chi connectivity index (χ1) is 15.7. The summed E-state index contributed by atoms with van der Waals surface area (Å²) in [5.41, 5.74) is 0.972. The van der Waals surface area contributed by atoms with Crippen LogP contribution in [0.2, 0.25) is 0 Å². The molecule has 9 nitrogen and oxygen atoms in total. The number of amides is 1. The van der Waals surface area contributed by atoms with Crippen LogP contribution in [0.4, 0.5) is 4.39 Å². The van der Waals surface area contributed by atoms with Gasteiger partial charge in [-0.05, 0) is 44.4 Å². The fourth-order valence-corrected chi connectivity index (χ4v) is 6.03. The molecule has 0 aliphatic carbocycles. The van der Waals surface area contributed by atoms with Crippen molar-refractivity contribution in [2.45, 2.75) is 37.6 Å². The summed E-state index contributed by atoms with van der Waals surface area (Å²) in [7, 11) is -2.03. The van der Waals surface area contributed by atoms with Crippen molar-refractivity contribution in [3.05, 3.63) is 65.3 Å². The Labute approximate surface area is 191 Å². The normalized spacial score (nSPS) is 18.2.